The van der Waals surface area contributed by atoms with Crippen LogP contribution in [0.15, 0.2) is 24.3 Å². The number of methoxy groups -OCH3 is 1. The molecule has 0 saturated carbocycles. The lowest BCUT2D eigenvalue weighted by Gasteiger charge is -2.16. The van der Waals surface area contributed by atoms with Crippen molar-refractivity contribution in [2.75, 3.05) is 27.3 Å². The molecule has 21 heavy (non-hydrogen) atoms. The van der Waals surface area contributed by atoms with E-state index in [0.29, 0.717) is 18.7 Å². The summed E-state index contributed by atoms with van der Waals surface area (Å²) in [6.45, 7) is 0.724. The van der Waals surface area contributed by atoms with Crippen molar-refractivity contribution in [2.45, 2.75) is 19.3 Å². The van der Waals surface area contributed by atoms with Gasteiger partial charge in [-0.25, -0.2) is 0 Å². The fourth-order valence-electron chi connectivity index (χ4n) is 1.71. The number of carboxylic acids is 1. The van der Waals surface area contributed by atoms with E-state index in [2.05, 4.69) is 0 Å². The molecule has 0 saturated heterocycles. The van der Waals surface area contributed by atoms with Gasteiger partial charge >= 0.3 is 5.97 Å². The van der Waals surface area contributed by atoms with Gasteiger partial charge in [-0.05, 0) is 30.7 Å². The van der Waals surface area contributed by atoms with E-state index >= 15 is 0 Å². The predicted molar refractivity (Wildman–Crippen MR) is 77.6 cm³/mol. The lowest BCUT2D eigenvalue weighted by molar-refractivity contribution is -0.138. The van der Waals surface area contributed by atoms with Gasteiger partial charge in [0.25, 0.3) is 0 Å². The van der Waals surface area contributed by atoms with Crippen LogP contribution in [0.2, 0.25) is 0 Å². The number of amides is 1. The number of ether oxygens (including phenoxy) is 2. The molecule has 0 aliphatic carbocycles. The van der Waals surface area contributed by atoms with Crippen LogP contribution in [0.1, 0.15) is 19.3 Å². The molecule has 0 aliphatic rings. The zero-order valence-electron chi connectivity index (χ0n) is 12.4. The molecule has 0 heterocycles. The van der Waals surface area contributed by atoms with Crippen LogP contribution in [-0.2, 0) is 9.59 Å². The molecular weight excluding hydrogens is 274 g/mol. The first kappa shape index (κ1) is 16.8. The van der Waals surface area contributed by atoms with E-state index in [1.165, 1.54) is 4.90 Å². The molecule has 0 aromatic heterocycles. The minimum atomic E-state index is -0.848. The zero-order chi connectivity index (χ0) is 15.7. The Bertz CT molecular complexity index is 458. The third-order valence-corrected chi connectivity index (χ3v) is 2.95. The second-order valence-corrected chi connectivity index (χ2v) is 4.59. The maximum atomic E-state index is 11.8. The molecule has 0 unspecified atom stereocenters. The molecule has 0 bridgehead atoms. The van der Waals surface area contributed by atoms with E-state index in [4.69, 9.17) is 14.6 Å². The van der Waals surface area contributed by atoms with E-state index in [1.54, 1.807) is 38.4 Å². The SMILES string of the molecule is COc1ccc(OCCC(=O)N(C)CCCC(=O)O)cc1. The van der Waals surface area contributed by atoms with Crippen LogP contribution in [0.25, 0.3) is 0 Å². The fourth-order valence-corrected chi connectivity index (χ4v) is 1.71. The maximum Gasteiger partial charge on any atom is 0.303 e. The lowest BCUT2D eigenvalue weighted by atomic mass is 10.3. The average Bonchev–Trinajstić information content (AvgIpc) is 2.47. The van der Waals surface area contributed by atoms with Gasteiger partial charge in [-0.1, -0.05) is 0 Å². The van der Waals surface area contributed by atoms with Crippen LogP contribution >= 0.6 is 0 Å². The van der Waals surface area contributed by atoms with Crippen LogP contribution in [0.4, 0.5) is 0 Å². The number of rotatable bonds is 9. The normalized spacial score (nSPS) is 10.0. The monoisotopic (exact) mass is 295 g/mol. The van der Waals surface area contributed by atoms with Crippen LogP contribution in [-0.4, -0.2) is 49.2 Å². The van der Waals surface area contributed by atoms with Gasteiger partial charge in [-0.3, -0.25) is 9.59 Å². The number of carboxylic acid groups (broad SMARTS) is 1. The molecular formula is C15H21NO5. The summed E-state index contributed by atoms with van der Waals surface area (Å²) in [5.74, 6) is 0.515. The summed E-state index contributed by atoms with van der Waals surface area (Å²) in [4.78, 5) is 23.7. The van der Waals surface area contributed by atoms with Gasteiger partial charge in [-0.2, -0.15) is 0 Å². The van der Waals surface area contributed by atoms with Crippen LogP contribution < -0.4 is 9.47 Å². The number of carbonyl (C=O) groups is 2. The van der Waals surface area contributed by atoms with Gasteiger partial charge in [-0.15, -0.1) is 0 Å². The predicted octanol–water partition coefficient (Wildman–Crippen LogP) is 1.79. The Morgan fingerprint density at radius 3 is 2.33 bits per heavy atom. The molecule has 1 N–H and O–H groups in total. The Kier molecular flexibility index (Phi) is 7.08. The Morgan fingerprint density at radius 1 is 1.14 bits per heavy atom. The van der Waals surface area contributed by atoms with Crippen molar-refractivity contribution in [3.63, 3.8) is 0 Å². The number of hydrogen-bond donors (Lipinski definition) is 1. The Hall–Kier alpha value is -2.24. The van der Waals surface area contributed by atoms with Crippen LogP contribution in [0.5, 0.6) is 11.5 Å². The maximum absolute atomic E-state index is 11.8. The van der Waals surface area contributed by atoms with Crippen molar-refractivity contribution in [3.8, 4) is 11.5 Å². The van der Waals surface area contributed by atoms with E-state index in [9.17, 15) is 9.59 Å². The van der Waals surface area contributed by atoms with Gasteiger partial charge < -0.3 is 19.5 Å². The molecule has 6 heteroatoms. The summed E-state index contributed by atoms with van der Waals surface area (Å²) in [7, 11) is 3.26. The van der Waals surface area contributed by atoms with Crippen molar-refractivity contribution < 1.29 is 24.2 Å². The van der Waals surface area contributed by atoms with Gasteiger partial charge in [0.15, 0.2) is 0 Å². The van der Waals surface area contributed by atoms with E-state index in [1.807, 2.05) is 0 Å². The molecule has 1 aromatic carbocycles. The molecule has 1 aromatic rings. The van der Waals surface area contributed by atoms with Crippen LogP contribution in [0, 0.1) is 0 Å². The Labute approximate surface area is 124 Å². The van der Waals surface area contributed by atoms with Gasteiger partial charge in [0.1, 0.15) is 11.5 Å². The largest absolute Gasteiger partial charge is 0.497 e. The highest BCUT2D eigenvalue weighted by Gasteiger charge is 2.09. The summed E-state index contributed by atoms with van der Waals surface area (Å²) in [5.41, 5.74) is 0. The minimum absolute atomic E-state index is 0.0612. The molecule has 0 spiro atoms. The number of nitrogens with zero attached hydrogens (tertiary/aromatic N) is 1. The van der Waals surface area contributed by atoms with E-state index in [-0.39, 0.29) is 25.4 Å². The third kappa shape index (κ3) is 6.65. The quantitative estimate of drug-likeness (QED) is 0.751. The third-order valence-electron chi connectivity index (χ3n) is 2.95. The summed E-state index contributed by atoms with van der Waals surface area (Å²) < 4.78 is 10.5. The summed E-state index contributed by atoms with van der Waals surface area (Å²) in [6.07, 6.45) is 0.784. The average molecular weight is 295 g/mol. The number of aliphatic carboxylic acids is 1. The Balaban J connectivity index is 2.24. The number of hydrogen-bond acceptors (Lipinski definition) is 4. The standard InChI is InChI=1S/C15H21NO5/c1-16(10-3-4-15(18)19)14(17)9-11-21-13-7-5-12(20-2)6-8-13/h5-8H,3-4,9-11H2,1-2H3,(H,18,19). The number of carbonyl (C=O) groups excluding carboxylic acids is 1. The fraction of sp³-hybridized carbons (Fsp3) is 0.467. The van der Waals surface area contributed by atoms with Crippen molar-refractivity contribution in [1.29, 1.82) is 0 Å². The van der Waals surface area contributed by atoms with Crippen molar-refractivity contribution in [3.05, 3.63) is 24.3 Å². The smallest absolute Gasteiger partial charge is 0.303 e. The van der Waals surface area contributed by atoms with Crippen LogP contribution in [0.3, 0.4) is 0 Å². The molecule has 1 rings (SSSR count). The zero-order valence-corrected chi connectivity index (χ0v) is 12.4. The first-order valence-electron chi connectivity index (χ1n) is 6.75. The first-order valence-corrected chi connectivity index (χ1v) is 6.75. The molecule has 0 aliphatic heterocycles. The molecule has 0 radical (unpaired) electrons. The molecule has 0 fully saturated rings. The highest BCUT2D eigenvalue weighted by Crippen LogP contribution is 2.17. The molecule has 1 amide bonds. The first-order chi connectivity index (χ1) is 10.0. The Morgan fingerprint density at radius 2 is 1.76 bits per heavy atom. The molecule has 116 valence electrons. The second kappa shape index (κ2) is 8.84. The molecule has 6 nitrogen and oxygen atoms in total. The van der Waals surface area contributed by atoms with Crippen molar-refractivity contribution in [2.24, 2.45) is 0 Å². The molecule has 0 atom stereocenters. The summed E-state index contributed by atoms with van der Waals surface area (Å²) in [5, 5.41) is 8.54. The van der Waals surface area contributed by atoms with Crippen molar-refractivity contribution in [1.82, 2.24) is 4.90 Å². The van der Waals surface area contributed by atoms with Crippen molar-refractivity contribution >= 4 is 11.9 Å². The van der Waals surface area contributed by atoms with Gasteiger partial charge in [0.2, 0.25) is 5.91 Å². The highest BCUT2D eigenvalue weighted by atomic mass is 16.5. The minimum Gasteiger partial charge on any atom is -0.497 e. The van der Waals surface area contributed by atoms with Gasteiger partial charge in [0, 0.05) is 20.0 Å². The number of benzene rings is 1. The highest BCUT2D eigenvalue weighted by molar-refractivity contribution is 5.76. The summed E-state index contributed by atoms with van der Waals surface area (Å²) >= 11 is 0. The lowest BCUT2D eigenvalue weighted by Crippen LogP contribution is -2.29. The van der Waals surface area contributed by atoms with E-state index in [0.717, 1.165) is 5.75 Å². The second-order valence-electron chi connectivity index (χ2n) is 4.59. The summed E-state index contributed by atoms with van der Waals surface area (Å²) in [6, 6.07) is 7.13. The topological polar surface area (TPSA) is 76.1 Å². The van der Waals surface area contributed by atoms with E-state index < -0.39 is 5.97 Å². The van der Waals surface area contributed by atoms with Gasteiger partial charge in [0.05, 0.1) is 20.1 Å².